The Kier molecular flexibility index (Phi) is 6.39. The summed E-state index contributed by atoms with van der Waals surface area (Å²) in [7, 11) is 3.21. The molecule has 0 fully saturated rings. The van der Waals surface area contributed by atoms with Crippen LogP contribution in [0.5, 0.6) is 11.5 Å². The molecule has 5 nitrogen and oxygen atoms in total. The van der Waals surface area contributed by atoms with Crippen LogP contribution in [0.1, 0.15) is 5.56 Å². The van der Waals surface area contributed by atoms with Gasteiger partial charge in [-0.2, -0.15) is 5.10 Å². The van der Waals surface area contributed by atoms with Gasteiger partial charge in [0, 0.05) is 16.5 Å². The molecule has 0 spiro atoms. The minimum absolute atomic E-state index is 0.285. The second kappa shape index (κ2) is 9.14. The lowest BCUT2D eigenvalue weighted by Gasteiger charge is -2.07. The third-order valence-corrected chi connectivity index (χ3v) is 4.78. The molecule has 0 bridgehead atoms. The number of rotatable bonds is 7. The van der Waals surface area contributed by atoms with E-state index in [1.54, 1.807) is 43.3 Å². The number of ether oxygens (including phenoxy) is 2. The van der Waals surface area contributed by atoms with Gasteiger partial charge in [0.2, 0.25) is 4.80 Å². The van der Waals surface area contributed by atoms with Crippen molar-refractivity contribution in [3.63, 3.8) is 0 Å². The molecule has 0 atom stereocenters. The SMILES string of the molecule is C=CCN=c1scc(-c2ccc(F)cc2)n1N=Cc1cc(OC)ccc1OC. The summed E-state index contributed by atoms with van der Waals surface area (Å²) in [6.45, 7) is 4.18. The molecule has 0 radical (unpaired) electrons. The second-order valence-electron chi connectivity index (χ2n) is 5.70. The molecule has 0 saturated carbocycles. The van der Waals surface area contributed by atoms with Crippen molar-refractivity contribution in [2.75, 3.05) is 20.8 Å². The Morgan fingerprint density at radius 2 is 1.93 bits per heavy atom. The summed E-state index contributed by atoms with van der Waals surface area (Å²) >= 11 is 1.45. The first-order chi connectivity index (χ1) is 13.7. The molecule has 3 aromatic rings. The van der Waals surface area contributed by atoms with Gasteiger partial charge >= 0.3 is 0 Å². The second-order valence-corrected chi connectivity index (χ2v) is 6.54. The molecule has 28 heavy (non-hydrogen) atoms. The highest BCUT2D eigenvalue weighted by Gasteiger charge is 2.09. The Bertz CT molecular complexity index is 1050. The quantitative estimate of drug-likeness (QED) is 0.440. The van der Waals surface area contributed by atoms with Gasteiger partial charge in [-0.15, -0.1) is 17.9 Å². The predicted octanol–water partition coefficient (Wildman–Crippen LogP) is 4.34. The molecule has 3 rings (SSSR count). The average Bonchev–Trinajstić information content (AvgIpc) is 3.13. The van der Waals surface area contributed by atoms with Gasteiger partial charge in [0.05, 0.1) is 32.7 Å². The largest absolute Gasteiger partial charge is 0.497 e. The average molecular weight is 397 g/mol. The molecule has 144 valence electrons. The Morgan fingerprint density at radius 1 is 1.14 bits per heavy atom. The standard InChI is InChI=1S/C21H20FN3O2S/c1-4-11-23-21-25(19(14-28-21)15-5-7-17(22)8-6-15)24-13-16-12-18(26-2)9-10-20(16)27-3/h4-10,12-14H,1,11H2,2-3H3. The van der Waals surface area contributed by atoms with Gasteiger partial charge in [-0.1, -0.05) is 6.08 Å². The lowest BCUT2D eigenvalue weighted by atomic mass is 10.2. The van der Waals surface area contributed by atoms with Crippen LogP contribution in [-0.2, 0) is 0 Å². The summed E-state index contributed by atoms with van der Waals surface area (Å²) in [6, 6.07) is 11.8. The first-order valence-corrected chi connectivity index (χ1v) is 9.38. The zero-order chi connectivity index (χ0) is 19.9. The van der Waals surface area contributed by atoms with Crippen LogP contribution in [-0.4, -0.2) is 31.7 Å². The van der Waals surface area contributed by atoms with Crippen molar-refractivity contribution in [3.8, 4) is 22.8 Å². The maximum absolute atomic E-state index is 13.3. The topological polar surface area (TPSA) is 48.1 Å². The molecule has 0 aliphatic rings. The van der Waals surface area contributed by atoms with Crippen molar-refractivity contribution in [2.45, 2.75) is 0 Å². The minimum Gasteiger partial charge on any atom is -0.497 e. The van der Waals surface area contributed by atoms with Crippen LogP contribution >= 0.6 is 11.3 Å². The van der Waals surface area contributed by atoms with E-state index in [1.165, 1.54) is 23.5 Å². The van der Waals surface area contributed by atoms with Crippen LogP contribution in [0.2, 0.25) is 0 Å². The van der Waals surface area contributed by atoms with E-state index in [2.05, 4.69) is 16.7 Å². The van der Waals surface area contributed by atoms with E-state index in [0.717, 1.165) is 16.8 Å². The maximum atomic E-state index is 13.3. The predicted molar refractivity (Wildman–Crippen MR) is 111 cm³/mol. The number of aromatic nitrogens is 1. The molecular weight excluding hydrogens is 377 g/mol. The van der Waals surface area contributed by atoms with Crippen LogP contribution in [0, 0.1) is 5.82 Å². The fourth-order valence-electron chi connectivity index (χ4n) is 2.54. The zero-order valence-corrected chi connectivity index (χ0v) is 16.4. The Labute approximate surface area is 166 Å². The van der Waals surface area contributed by atoms with Gasteiger partial charge in [-0.25, -0.2) is 9.07 Å². The summed E-state index contributed by atoms with van der Waals surface area (Å²) in [5.41, 5.74) is 2.42. The normalized spacial score (nSPS) is 11.8. The number of hydrogen-bond donors (Lipinski definition) is 0. The molecule has 0 aliphatic heterocycles. The monoisotopic (exact) mass is 397 g/mol. The van der Waals surface area contributed by atoms with Gasteiger partial charge < -0.3 is 9.47 Å². The number of methoxy groups -OCH3 is 2. The van der Waals surface area contributed by atoms with Gasteiger partial charge in [0.25, 0.3) is 0 Å². The highest BCUT2D eigenvalue weighted by atomic mass is 32.1. The Balaban J connectivity index is 2.09. The molecule has 0 amide bonds. The van der Waals surface area contributed by atoms with Gasteiger partial charge in [-0.05, 0) is 42.5 Å². The Hall–Kier alpha value is -3.19. The van der Waals surface area contributed by atoms with Gasteiger partial charge in [0.15, 0.2) is 0 Å². The smallest absolute Gasteiger partial charge is 0.206 e. The van der Waals surface area contributed by atoms with E-state index in [0.29, 0.717) is 22.8 Å². The van der Waals surface area contributed by atoms with Crippen LogP contribution in [0.15, 0.2) is 70.6 Å². The zero-order valence-electron chi connectivity index (χ0n) is 15.6. The lowest BCUT2D eigenvalue weighted by molar-refractivity contribution is 0.402. The van der Waals surface area contributed by atoms with Crippen molar-refractivity contribution in [3.05, 3.63) is 76.7 Å². The number of hydrogen-bond acceptors (Lipinski definition) is 5. The highest BCUT2D eigenvalue weighted by Crippen LogP contribution is 2.23. The van der Waals surface area contributed by atoms with E-state index < -0.39 is 0 Å². The summed E-state index contributed by atoms with van der Waals surface area (Å²) in [4.78, 5) is 5.20. The van der Waals surface area contributed by atoms with Crippen molar-refractivity contribution < 1.29 is 13.9 Å². The summed E-state index contributed by atoms with van der Waals surface area (Å²) in [5, 5.41) is 6.56. The van der Waals surface area contributed by atoms with E-state index in [1.807, 2.05) is 23.6 Å². The highest BCUT2D eigenvalue weighted by molar-refractivity contribution is 7.07. The Morgan fingerprint density at radius 3 is 2.61 bits per heavy atom. The van der Waals surface area contributed by atoms with Gasteiger partial charge in [0.1, 0.15) is 17.3 Å². The van der Waals surface area contributed by atoms with E-state index in [9.17, 15) is 4.39 Å². The van der Waals surface area contributed by atoms with E-state index in [-0.39, 0.29) is 5.82 Å². The first kappa shape index (κ1) is 19.6. The van der Waals surface area contributed by atoms with Crippen molar-refractivity contribution in [2.24, 2.45) is 10.1 Å². The molecule has 0 saturated heterocycles. The third kappa shape index (κ3) is 4.37. The number of halogens is 1. The van der Waals surface area contributed by atoms with Gasteiger partial charge in [-0.3, -0.25) is 4.99 Å². The molecule has 0 unspecified atom stereocenters. The van der Waals surface area contributed by atoms with Crippen molar-refractivity contribution in [1.29, 1.82) is 0 Å². The molecule has 2 aromatic carbocycles. The van der Waals surface area contributed by atoms with E-state index in [4.69, 9.17) is 9.47 Å². The molecule has 1 heterocycles. The molecule has 0 aliphatic carbocycles. The van der Waals surface area contributed by atoms with Crippen LogP contribution in [0.25, 0.3) is 11.3 Å². The van der Waals surface area contributed by atoms with Crippen LogP contribution < -0.4 is 14.3 Å². The fraction of sp³-hybridized carbons (Fsp3) is 0.143. The number of nitrogens with zero attached hydrogens (tertiary/aromatic N) is 3. The van der Waals surface area contributed by atoms with Crippen LogP contribution in [0.4, 0.5) is 4.39 Å². The summed E-state index contributed by atoms with van der Waals surface area (Å²) in [6.07, 6.45) is 3.41. The number of thiazole rings is 1. The number of benzene rings is 2. The van der Waals surface area contributed by atoms with Crippen LogP contribution in [0.3, 0.4) is 0 Å². The summed E-state index contributed by atoms with van der Waals surface area (Å²) in [5.74, 6) is 1.09. The molecule has 7 heteroatoms. The molecule has 1 aromatic heterocycles. The summed E-state index contributed by atoms with van der Waals surface area (Å²) < 4.78 is 25.7. The maximum Gasteiger partial charge on any atom is 0.206 e. The van der Waals surface area contributed by atoms with E-state index >= 15 is 0 Å². The molecular formula is C21H20FN3O2S. The van der Waals surface area contributed by atoms with Crippen molar-refractivity contribution in [1.82, 2.24) is 4.68 Å². The van der Waals surface area contributed by atoms with Crippen molar-refractivity contribution >= 4 is 17.6 Å². The lowest BCUT2D eigenvalue weighted by Crippen LogP contribution is -2.12. The third-order valence-electron chi connectivity index (χ3n) is 3.93. The molecule has 0 N–H and O–H groups in total. The fourth-order valence-corrected chi connectivity index (χ4v) is 3.39. The first-order valence-electron chi connectivity index (χ1n) is 8.50. The minimum atomic E-state index is -0.285.